The molecule has 2 aromatic heterocycles. The Hall–Kier alpha value is -2.76. The van der Waals surface area contributed by atoms with Gasteiger partial charge >= 0.3 is 0 Å². The fourth-order valence-electron chi connectivity index (χ4n) is 2.09. The third-order valence-corrected chi connectivity index (χ3v) is 2.89. The molecule has 0 fully saturated rings. The molecule has 19 heavy (non-hydrogen) atoms. The van der Waals surface area contributed by atoms with Crippen LogP contribution in [0.25, 0.3) is 22.2 Å². The SMILES string of the molecule is Cc1nnc2nc(N)[nH]c(=O)c2c1-c1ccccc1. The topological polar surface area (TPSA) is 97.5 Å². The minimum absolute atomic E-state index is 0.0367. The Kier molecular flexibility index (Phi) is 2.49. The highest BCUT2D eigenvalue weighted by Gasteiger charge is 2.14. The number of hydrogen-bond donors (Lipinski definition) is 2. The summed E-state index contributed by atoms with van der Waals surface area (Å²) in [5.74, 6) is 0.0367. The van der Waals surface area contributed by atoms with Gasteiger partial charge in [-0.2, -0.15) is 10.1 Å². The van der Waals surface area contributed by atoms with Crippen molar-refractivity contribution in [3.8, 4) is 11.1 Å². The first-order chi connectivity index (χ1) is 9.16. The third-order valence-electron chi connectivity index (χ3n) is 2.89. The number of aromatic amines is 1. The zero-order chi connectivity index (χ0) is 13.4. The fourth-order valence-corrected chi connectivity index (χ4v) is 2.09. The Morgan fingerprint density at radius 3 is 2.63 bits per heavy atom. The summed E-state index contributed by atoms with van der Waals surface area (Å²) in [7, 11) is 0. The number of rotatable bonds is 1. The zero-order valence-electron chi connectivity index (χ0n) is 10.2. The van der Waals surface area contributed by atoms with Crippen LogP contribution in [-0.4, -0.2) is 20.2 Å². The largest absolute Gasteiger partial charge is 0.369 e. The number of benzene rings is 1. The summed E-state index contributed by atoms with van der Waals surface area (Å²) in [6.07, 6.45) is 0. The van der Waals surface area contributed by atoms with E-state index in [1.165, 1.54) is 0 Å². The Bertz CT molecular complexity index is 810. The normalized spacial score (nSPS) is 10.8. The quantitative estimate of drug-likeness (QED) is 0.680. The summed E-state index contributed by atoms with van der Waals surface area (Å²) in [6, 6.07) is 9.55. The first-order valence-electron chi connectivity index (χ1n) is 5.75. The molecule has 0 atom stereocenters. The van der Waals surface area contributed by atoms with Crippen molar-refractivity contribution in [2.24, 2.45) is 0 Å². The van der Waals surface area contributed by atoms with Gasteiger partial charge in [0.2, 0.25) is 5.95 Å². The molecular weight excluding hydrogens is 242 g/mol. The molecule has 0 aliphatic carbocycles. The molecule has 0 bridgehead atoms. The molecule has 0 saturated carbocycles. The van der Waals surface area contributed by atoms with Crippen LogP contribution in [0, 0.1) is 6.92 Å². The van der Waals surface area contributed by atoms with Crippen LogP contribution >= 0.6 is 0 Å². The summed E-state index contributed by atoms with van der Waals surface area (Å²) >= 11 is 0. The van der Waals surface area contributed by atoms with Crippen LogP contribution in [0.2, 0.25) is 0 Å². The molecule has 0 radical (unpaired) electrons. The van der Waals surface area contributed by atoms with Crippen LogP contribution in [0.4, 0.5) is 5.95 Å². The maximum atomic E-state index is 12.1. The van der Waals surface area contributed by atoms with Crippen LogP contribution in [0.15, 0.2) is 35.1 Å². The minimum Gasteiger partial charge on any atom is -0.369 e. The maximum Gasteiger partial charge on any atom is 0.262 e. The van der Waals surface area contributed by atoms with Gasteiger partial charge in [0, 0.05) is 5.56 Å². The average Bonchev–Trinajstić information content (AvgIpc) is 2.40. The van der Waals surface area contributed by atoms with Gasteiger partial charge < -0.3 is 5.73 Å². The molecule has 3 aromatic rings. The molecule has 3 N–H and O–H groups in total. The van der Waals surface area contributed by atoms with Gasteiger partial charge in [-0.3, -0.25) is 9.78 Å². The molecule has 6 nitrogen and oxygen atoms in total. The predicted octanol–water partition coefficient (Wildman–Crippen LogP) is 1.27. The van der Waals surface area contributed by atoms with Crippen molar-refractivity contribution in [2.75, 3.05) is 5.73 Å². The summed E-state index contributed by atoms with van der Waals surface area (Å²) in [5.41, 5.74) is 7.78. The molecule has 0 aliphatic heterocycles. The number of H-pyrrole nitrogens is 1. The van der Waals surface area contributed by atoms with Crippen molar-refractivity contribution >= 4 is 17.0 Å². The van der Waals surface area contributed by atoms with E-state index in [2.05, 4.69) is 20.2 Å². The number of nitrogens with two attached hydrogens (primary N) is 1. The number of nitrogens with zero attached hydrogens (tertiary/aromatic N) is 3. The first kappa shape index (κ1) is 11.3. The van der Waals surface area contributed by atoms with E-state index in [0.717, 1.165) is 11.1 Å². The molecule has 0 amide bonds. The van der Waals surface area contributed by atoms with Gasteiger partial charge in [-0.05, 0) is 12.5 Å². The summed E-state index contributed by atoms with van der Waals surface area (Å²) in [6.45, 7) is 1.81. The highest BCUT2D eigenvalue weighted by molar-refractivity contribution is 5.92. The van der Waals surface area contributed by atoms with E-state index in [1.54, 1.807) is 0 Å². The Morgan fingerprint density at radius 1 is 1.16 bits per heavy atom. The van der Waals surface area contributed by atoms with Crippen LogP contribution in [0.1, 0.15) is 5.69 Å². The number of nitrogens with one attached hydrogen (secondary N) is 1. The van der Waals surface area contributed by atoms with E-state index >= 15 is 0 Å². The van der Waals surface area contributed by atoms with Gasteiger partial charge in [-0.15, -0.1) is 5.10 Å². The van der Waals surface area contributed by atoms with E-state index < -0.39 is 0 Å². The number of aryl methyl sites for hydroxylation is 1. The lowest BCUT2D eigenvalue weighted by Gasteiger charge is -2.07. The smallest absolute Gasteiger partial charge is 0.262 e. The second kappa shape index (κ2) is 4.16. The zero-order valence-corrected chi connectivity index (χ0v) is 10.2. The first-order valence-corrected chi connectivity index (χ1v) is 5.75. The highest BCUT2D eigenvalue weighted by atomic mass is 16.1. The number of anilines is 1. The second-order valence-corrected chi connectivity index (χ2v) is 4.18. The van der Waals surface area contributed by atoms with Gasteiger partial charge in [0.15, 0.2) is 5.65 Å². The molecule has 0 spiro atoms. The monoisotopic (exact) mass is 253 g/mol. The van der Waals surface area contributed by atoms with E-state index in [1.807, 2.05) is 37.3 Å². The van der Waals surface area contributed by atoms with Crippen molar-refractivity contribution in [1.29, 1.82) is 0 Å². The number of hydrogen-bond acceptors (Lipinski definition) is 5. The fraction of sp³-hybridized carbons (Fsp3) is 0.0769. The number of nitrogen functional groups attached to an aromatic ring is 1. The lowest BCUT2D eigenvalue weighted by Crippen LogP contribution is -2.14. The van der Waals surface area contributed by atoms with Crippen LogP contribution in [0.5, 0.6) is 0 Å². The molecule has 0 aliphatic rings. The highest BCUT2D eigenvalue weighted by Crippen LogP contribution is 2.26. The summed E-state index contributed by atoms with van der Waals surface area (Å²) < 4.78 is 0. The molecule has 94 valence electrons. The molecule has 0 saturated heterocycles. The van der Waals surface area contributed by atoms with Gasteiger partial charge in [0.05, 0.1) is 11.1 Å². The van der Waals surface area contributed by atoms with Gasteiger partial charge in [-0.1, -0.05) is 30.3 Å². The lowest BCUT2D eigenvalue weighted by molar-refractivity contribution is 0.992. The molecular formula is C13H11N5O. The van der Waals surface area contributed by atoms with E-state index in [-0.39, 0.29) is 17.2 Å². The molecule has 1 aromatic carbocycles. The predicted molar refractivity (Wildman–Crippen MR) is 72.5 cm³/mol. The van der Waals surface area contributed by atoms with Crippen LogP contribution < -0.4 is 11.3 Å². The van der Waals surface area contributed by atoms with Crippen molar-refractivity contribution in [3.05, 3.63) is 46.4 Å². The van der Waals surface area contributed by atoms with Crippen molar-refractivity contribution in [1.82, 2.24) is 20.2 Å². The van der Waals surface area contributed by atoms with E-state index in [9.17, 15) is 4.79 Å². The molecule has 3 rings (SSSR count). The molecule has 6 heteroatoms. The molecule has 0 unspecified atom stereocenters. The van der Waals surface area contributed by atoms with Gasteiger partial charge in [0.1, 0.15) is 0 Å². The van der Waals surface area contributed by atoms with Gasteiger partial charge in [-0.25, -0.2) is 0 Å². The summed E-state index contributed by atoms with van der Waals surface area (Å²) in [4.78, 5) is 18.6. The molecule has 2 heterocycles. The van der Waals surface area contributed by atoms with Crippen molar-refractivity contribution < 1.29 is 0 Å². The van der Waals surface area contributed by atoms with Crippen LogP contribution in [0.3, 0.4) is 0 Å². The maximum absolute atomic E-state index is 12.1. The van der Waals surface area contributed by atoms with Gasteiger partial charge in [0.25, 0.3) is 5.56 Å². The second-order valence-electron chi connectivity index (χ2n) is 4.18. The third kappa shape index (κ3) is 1.83. The van der Waals surface area contributed by atoms with E-state index in [0.29, 0.717) is 11.1 Å². The Morgan fingerprint density at radius 2 is 1.89 bits per heavy atom. The Balaban J connectivity index is 2.48. The standard InChI is InChI=1S/C13H11N5O/c1-7-9(8-5-3-2-4-6-8)10-11(18-17-7)15-13(14)16-12(10)19/h2-6H,1H3,(H3,14,15,16,18,19). The number of fused-ring (bicyclic) bond motifs is 1. The Labute approximate surface area is 108 Å². The number of aromatic nitrogens is 4. The average molecular weight is 253 g/mol. The lowest BCUT2D eigenvalue weighted by atomic mass is 10.0. The van der Waals surface area contributed by atoms with Crippen LogP contribution in [-0.2, 0) is 0 Å². The summed E-state index contributed by atoms with van der Waals surface area (Å²) in [5, 5.41) is 8.38. The minimum atomic E-state index is -0.306. The van der Waals surface area contributed by atoms with Crippen molar-refractivity contribution in [2.45, 2.75) is 6.92 Å². The van der Waals surface area contributed by atoms with Crippen molar-refractivity contribution in [3.63, 3.8) is 0 Å². The van der Waals surface area contributed by atoms with E-state index in [4.69, 9.17) is 5.73 Å².